The lowest BCUT2D eigenvalue weighted by molar-refractivity contribution is 0.0977. The second-order valence-electron chi connectivity index (χ2n) is 8.68. The SMILES string of the molecule is CCc1c(CC)c(CC)c2c(c1CC)C(=O)c1cc3cc4ccccc4cc3cc1C2=O. The maximum Gasteiger partial charge on any atom is 0.194 e. The molecule has 0 spiro atoms. The van der Waals surface area contributed by atoms with Gasteiger partial charge in [0, 0.05) is 22.3 Å². The van der Waals surface area contributed by atoms with Gasteiger partial charge in [0.25, 0.3) is 0 Å². The van der Waals surface area contributed by atoms with Gasteiger partial charge in [0.05, 0.1) is 0 Å². The normalized spacial score (nSPS) is 13.0. The molecule has 0 atom stereocenters. The number of hydrogen-bond acceptors (Lipinski definition) is 2. The summed E-state index contributed by atoms with van der Waals surface area (Å²) >= 11 is 0. The van der Waals surface area contributed by atoms with Crippen LogP contribution >= 0.6 is 0 Å². The predicted octanol–water partition coefficient (Wildman–Crippen LogP) is 7.02. The maximum absolute atomic E-state index is 13.9. The maximum atomic E-state index is 13.9. The highest BCUT2D eigenvalue weighted by atomic mass is 16.1. The van der Waals surface area contributed by atoms with E-state index in [1.165, 1.54) is 11.1 Å². The molecule has 0 aliphatic heterocycles. The lowest BCUT2D eigenvalue weighted by atomic mass is 9.73. The summed E-state index contributed by atoms with van der Waals surface area (Å²) in [6, 6.07) is 16.3. The van der Waals surface area contributed by atoms with E-state index < -0.39 is 0 Å². The van der Waals surface area contributed by atoms with Crippen LogP contribution in [0.5, 0.6) is 0 Å². The van der Waals surface area contributed by atoms with Crippen LogP contribution in [-0.4, -0.2) is 11.6 Å². The van der Waals surface area contributed by atoms with Gasteiger partial charge >= 0.3 is 0 Å². The number of hydrogen-bond donors (Lipinski definition) is 0. The zero-order chi connectivity index (χ0) is 22.6. The highest BCUT2D eigenvalue weighted by molar-refractivity contribution is 6.31. The van der Waals surface area contributed by atoms with Crippen molar-refractivity contribution in [3.8, 4) is 0 Å². The van der Waals surface area contributed by atoms with Gasteiger partial charge in [-0.15, -0.1) is 0 Å². The molecule has 0 heterocycles. The van der Waals surface area contributed by atoms with Crippen LogP contribution in [-0.2, 0) is 25.7 Å². The van der Waals surface area contributed by atoms with Crippen molar-refractivity contribution in [2.24, 2.45) is 0 Å². The van der Waals surface area contributed by atoms with Crippen LogP contribution in [0.4, 0.5) is 0 Å². The van der Waals surface area contributed by atoms with Gasteiger partial charge in [-0.1, -0.05) is 52.0 Å². The summed E-state index contributed by atoms with van der Waals surface area (Å²) in [5, 5.41) is 4.28. The molecular weight excluding hydrogens is 392 g/mol. The van der Waals surface area contributed by atoms with Gasteiger partial charge in [-0.2, -0.15) is 0 Å². The van der Waals surface area contributed by atoms with E-state index in [1.54, 1.807) is 0 Å². The van der Waals surface area contributed by atoms with Crippen LogP contribution < -0.4 is 0 Å². The van der Waals surface area contributed by atoms with Crippen molar-refractivity contribution in [3.63, 3.8) is 0 Å². The highest BCUT2D eigenvalue weighted by Crippen LogP contribution is 2.39. The van der Waals surface area contributed by atoms with Gasteiger partial charge in [0.1, 0.15) is 0 Å². The van der Waals surface area contributed by atoms with Crippen LogP contribution in [0.2, 0.25) is 0 Å². The molecule has 1 aliphatic rings. The summed E-state index contributed by atoms with van der Waals surface area (Å²) in [5.74, 6) is 0.0159. The first-order chi connectivity index (χ1) is 15.5. The second kappa shape index (κ2) is 7.70. The number of carbonyl (C=O) groups excluding carboxylic acids is 2. The topological polar surface area (TPSA) is 34.1 Å². The fraction of sp³-hybridized carbons (Fsp3) is 0.267. The molecule has 4 aromatic carbocycles. The van der Waals surface area contributed by atoms with Crippen molar-refractivity contribution in [1.82, 2.24) is 0 Å². The van der Waals surface area contributed by atoms with Crippen molar-refractivity contribution in [3.05, 3.63) is 93.0 Å². The summed E-state index contributed by atoms with van der Waals surface area (Å²) in [6.45, 7) is 8.50. The summed E-state index contributed by atoms with van der Waals surface area (Å²) in [6.07, 6.45) is 3.28. The third kappa shape index (κ3) is 2.79. The third-order valence-electron chi connectivity index (χ3n) is 7.15. The third-order valence-corrected chi connectivity index (χ3v) is 7.15. The van der Waals surface area contributed by atoms with Crippen molar-refractivity contribution in [2.75, 3.05) is 0 Å². The molecule has 0 amide bonds. The van der Waals surface area contributed by atoms with E-state index in [2.05, 4.69) is 52.0 Å². The van der Waals surface area contributed by atoms with E-state index in [9.17, 15) is 9.59 Å². The average Bonchev–Trinajstić information content (AvgIpc) is 2.82. The molecule has 2 heteroatoms. The summed E-state index contributed by atoms with van der Waals surface area (Å²) in [4.78, 5) is 27.8. The number of rotatable bonds is 4. The Morgan fingerprint density at radius 3 is 1.22 bits per heavy atom. The Labute approximate surface area is 189 Å². The standard InChI is InChI=1S/C30H28O2/c1-5-21-22(6-2)24(8-4)28-27(23(21)7-3)29(31)25-15-19-13-17-11-9-10-12-18(17)14-20(19)16-26(25)30(28)32/h9-16H,5-8H2,1-4H3. The lowest BCUT2D eigenvalue weighted by Gasteiger charge is -2.28. The van der Waals surface area contributed by atoms with Crippen molar-refractivity contribution in [1.29, 1.82) is 0 Å². The number of ketones is 2. The van der Waals surface area contributed by atoms with Gasteiger partial charge in [-0.3, -0.25) is 9.59 Å². The predicted molar refractivity (Wildman–Crippen MR) is 132 cm³/mol. The van der Waals surface area contributed by atoms with E-state index in [-0.39, 0.29) is 11.6 Å². The van der Waals surface area contributed by atoms with E-state index in [4.69, 9.17) is 0 Å². The summed E-state index contributed by atoms with van der Waals surface area (Å²) < 4.78 is 0. The van der Waals surface area contributed by atoms with Crippen LogP contribution in [0.3, 0.4) is 0 Å². The molecule has 160 valence electrons. The molecule has 0 unspecified atom stereocenters. The monoisotopic (exact) mass is 420 g/mol. The summed E-state index contributed by atoms with van der Waals surface area (Å²) in [7, 11) is 0. The lowest BCUT2D eigenvalue weighted by Crippen LogP contribution is -2.26. The number of carbonyl (C=O) groups is 2. The minimum absolute atomic E-state index is 0.00793. The fourth-order valence-electron chi connectivity index (χ4n) is 5.74. The molecule has 1 aliphatic carbocycles. The molecule has 32 heavy (non-hydrogen) atoms. The first-order valence-corrected chi connectivity index (χ1v) is 11.8. The molecule has 4 aromatic rings. The number of fused-ring (bicyclic) bond motifs is 4. The van der Waals surface area contributed by atoms with Crippen LogP contribution in [0.1, 0.15) is 81.8 Å². The van der Waals surface area contributed by atoms with Gasteiger partial charge < -0.3 is 0 Å². The molecule has 0 aromatic heterocycles. The molecule has 0 saturated carbocycles. The first-order valence-electron chi connectivity index (χ1n) is 11.8. The largest absolute Gasteiger partial charge is 0.289 e. The Morgan fingerprint density at radius 1 is 0.500 bits per heavy atom. The van der Waals surface area contributed by atoms with Crippen LogP contribution in [0.25, 0.3) is 21.5 Å². The van der Waals surface area contributed by atoms with Crippen molar-refractivity contribution in [2.45, 2.75) is 53.4 Å². The molecule has 0 saturated heterocycles. The zero-order valence-corrected chi connectivity index (χ0v) is 19.3. The zero-order valence-electron chi connectivity index (χ0n) is 19.3. The summed E-state index contributed by atoms with van der Waals surface area (Å²) in [5.41, 5.74) is 7.09. The van der Waals surface area contributed by atoms with Crippen LogP contribution in [0.15, 0.2) is 48.5 Å². The molecule has 0 fully saturated rings. The van der Waals surface area contributed by atoms with E-state index in [1.807, 2.05) is 24.3 Å². The van der Waals surface area contributed by atoms with E-state index >= 15 is 0 Å². The Balaban J connectivity index is 1.86. The number of benzene rings is 4. The highest BCUT2D eigenvalue weighted by Gasteiger charge is 2.35. The van der Waals surface area contributed by atoms with Crippen LogP contribution in [0, 0.1) is 0 Å². The fourth-order valence-corrected chi connectivity index (χ4v) is 5.74. The van der Waals surface area contributed by atoms with Crippen molar-refractivity contribution < 1.29 is 9.59 Å². The minimum atomic E-state index is 0.00793. The van der Waals surface area contributed by atoms with E-state index in [0.717, 1.165) is 58.4 Å². The molecule has 0 radical (unpaired) electrons. The average molecular weight is 421 g/mol. The molecule has 5 rings (SSSR count). The minimum Gasteiger partial charge on any atom is -0.289 e. The molecule has 0 bridgehead atoms. The Bertz CT molecular complexity index is 1330. The van der Waals surface area contributed by atoms with Gasteiger partial charge in [0.2, 0.25) is 0 Å². The van der Waals surface area contributed by atoms with Gasteiger partial charge in [-0.05, 0) is 93.7 Å². The van der Waals surface area contributed by atoms with Crippen molar-refractivity contribution >= 4 is 33.1 Å². The molecule has 0 N–H and O–H groups in total. The Hall–Kier alpha value is -3.26. The smallest absolute Gasteiger partial charge is 0.194 e. The second-order valence-corrected chi connectivity index (χ2v) is 8.68. The molecular formula is C30H28O2. The Morgan fingerprint density at radius 2 is 0.875 bits per heavy atom. The quantitative estimate of drug-likeness (QED) is 0.293. The van der Waals surface area contributed by atoms with Gasteiger partial charge in [-0.25, -0.2) is 0 Å². The Kier molecular flexibility index (Phi) is 4.97. The van der Waals surface area contributed by atoms with E-state index in [0.29, 0.717) is 22.3 Å². The van der Waals surface area contributed by atoms with Gasteiger partial charge in [0.15, 0.2) is 11.6 Å². The first kappa shape index (κ1) is 20.6. The molecule has 2 nitrogen and oxygen atoms in total.